The Labute approximate surface area is 140 Å². The highest BCUT2D eigenvalue weighted by atomic mass is 32.1. The molecule has 0 unspecified atom stereocenters. The van der Waals surface area contributed by atoms with Crippen molar-refractivity contribution in [2.45, 2.75) is 32.4 Å². The van der Waals surface area contributed by atoms with Crippen molar-refractivity contribution in [2.75, 3.05) is 18.4 Å². The van der Waals surface area contributed by atoms with E-state index in [9.17, 15) is 0 Å². The normalized spacial score (nSPS) is 16.9. The molecule has 1 saturated heterocycles. The molecule has 0 spiro atoms. The van der Waals surface area contributed by atoms with Gasteiger partial charge in [0.2, 0.25) is 10.1 Å². The van der Waals surface area contributed by atoms with Crippen LogP contribution >= 0.6 is 11.3 Å². The van der Waals surface area contributed by atoms with E-state index < -0.39 is 0 Å². The zero-order chi connectivity index (χ0) is 15.6. The van der Waals surface area contributed by atoms with Crippen molar-refractivity contribution in [3.05, 3.63) is 47.8 Å². The van der Waals surface area contributed by atoms with Crippen LogP contribution in [0.4, 0.5) is 5.13 Å². The van der Waals surface area contributed by atoms with Crippen LogP contribution in [0.5, 0.6) is 0 Å². The molecule has 4 rings (SSSR count). The first-order valence-electron chi connectivity index (χ1n) is 8.12. The lowest BCUT2D eigenvalue weighted by molar-refractivity contribution is 0.211. The molecule has 1 aromatic carbocycles. The number of nitrogens with one attached hydrogen (secondary N) is 1. The molecular formula is C17H21N5S. The van der Waals surface area contributed by atoms with Gasteiger partial charge in [0, 0.05) is 25.7 Å². The first-order valence-corrected chi connectivity index (χ1v) is 8.93. The van der Waals surface area contributed by atoms with Crippen LogP contribution in [-0.2, 0) is 6.54 Å². The standard InChI is InChI=1S/C17H21N5S/c1-13-11-22-17(18-13)23-16(20-22)19-15-7-9-21(10-8-15)12-14-5-3-2-4-6-14/h2-6,11,15H,7-10,12H2,1H3,(H,19,20). The van der Waals surface area contributed by atoms with Crippen LogP contribution < -0.4 is 5.32 Å². The van der Waals surface area contributed by atoms with Crippen molar-refractivity contribution in [2.24, 2.45) is 0 Å². The largest absolute Gasteiger partial charge is 0.357 e. The predicted molar refractivity (Wildman–Crippen MR) is 94.0 cm³/mol. The number of piperidine rings is 1. The Morgan fingerprint density at radius 1 is 1.22 bits per heavy atom. The molecule has 120 valence electrons. The molecular weight excluding hydrogens is 306 g/mol. The summed E-state index contributed by atoms with van der Waals surface area (Å²) in [7, 11) is 0. The number of aryl methyl sites for hydroxylation is 1. The number of nitrogens with zero attached hydrogens (tertiary/aromatic N) is 4. The molecule has 0 atom stereocenters. The zero-order valence-corrected chi connectivity index (χ0v) is 14.1. The average Bonchev–Trinajstić information content (AvgIpc) is 3.07. The lowest BCUT2D eigenvalue weighted by atomic mass is 10.0. The summed E-state index contributed by atoms with van der Waals surface area (Å²) in [5.41, 5.74) is 2.42. The second-order valence-electron chi connectivity index (χ2n) is 6.20. The summed E-state index contributed by atoms with van der Waals surface area (Å²) in [6, 6.07) is 11.2. The van der Waals surface area contributed by atoms with Gasteiger partial charge < -0.3 is 5.32 Å². The molecule has 23 heavy (non-hydrogen) atoms. The number of aromatic nitrogens is 3. The maximum Gasteiger partial charge on any atom is 0.214 e. The Bertz CT molecular complexity index is 739. The second-order valence-corrected chi connectivity index (χ2v) is 7.15. The van der Waals surface area contributed by atoms with Crippen LogP contribution in [0.25, 0.3) is 4.96 Å². The van der Waals surface area contributed by atoms with Crippen LogP contribution in [0.15, 0.2) is 36.5 Å². The second kappa shape index (κ2) is 6.29. The molecule has 0 radical (unpaired) electrons. The molecule has 1 N–H and O–H groups in total. The Kier molecular flexibility index (Phi) is 4.01. The number of rotatable bonds is 4. The Morgan fingerprint density at radius 3 is 2.74 bits per heavy atom. The third kappa shape index (κ3) is 3.38. The van der Waals surface area contributed by atoms with Gasteiger partial charge in [0.05, 0.1) is 11.9 Å². The Balaban J connectivity index is 1.31. The van der Waals surface area contributed by atoms with Crippen LogP contribution in [-0.4, -0.2) is 38.6 Å². The number of hydrogen-bond acceptors (Lipinski definition) is 5. The van der Waals surface area contributed by atoms with Crippen molar-refractivity contribution in [3.8, 4) is 0 Å². The monoisotopic (exact) mass is 327 g/mol. The number of anilines is 1. The summed E-state index contributed by atoms with van der Waals surface area (Å²) in [4.78, 5) is 7.95. The van der Waals surface area contributed by atoms with Gasteiger partial charge in [-0.05, 0) is 25.3 Å². The minimum Gasteiger partial charge on any atom is -0.357 e. The number of likely N-dealkylation sites (tertiary alicyclic amines) is 1. The minimum atomic E-state index is 0.513. The maximum absolute atomic E-state index is 4.56. The van der Waals surface area contributed by atoms with Crippen molar-refractivity contribution in [1.82, 2.24) is 19.5 Å². The molecule has 1 aliphatic rings. The summed E-state index contributed by atoms with van der Waals surface area (Å²) in [6.07, 6.45) is 4.29. The molecule has 2 aromatic heterocycles. The third-order valence-corrected chi connectivity index (χ3v) is 5.18. The van der Waals surface area contributed by atoms with Gasteiger partial charge in [-0.25, -0.2) is 9.50 Å². The van der Waals surface area contributed by atoms with E-state index in [-0.39, 0.29) is 0 Å². The average molecular weight is 327 g/mol. The van der Waals surface area contributed by atoms with Gasteiger partial charge in [-0.1, -0.05) is 41.7 Å². The molecule has 1 fully saturated rings. The Morgan fingerprint density at radius 2 is 2.00 bits per heavy atom. The summed E-state index contributed by atoms with van der Waals surface area (Å²) >= 11 is 1.63. The molecule has 3 aromatic rings. The fraction of sp³-hybridized carbons (Fsp3) is 0.412. The molecule has 6 heteroatoms. The van der Waals surface area contributed by atoms with Crippen LogP contribution in [0.2, 0.25) is 0 Å². The Hall–Kier alpha value is -1.92. The van der Waals surface area contributed by atoms with Crippen LogP contribution in [0.3, 0.4) is 0 Å². The quantitative estimate of drug-likeness (QED) is 0.799. The predicted octanol–water partition coefficient (Wildman–Crippen LogP) is 3.18. The van der Waals surface area contributed by atoms with Crippen molar-refractivity contribution < 1.29 is 0 Å². The van der Waals surface area contributed by atoms with Gasteiger partial charge in [0.1, 0.15) is 0 Å². The topological polar surface area (TPSA) is 45.5 Å². The summed E-state index contributed by atoms with van der Waals surface area (Å²) in [5, 5.41) is 9.12. The van der Waals surface area contributed by atoms with E-state index in [0.717, 1.165) is 48.3 Å². The molecule has 1 aliphatic heterocycles. The van der Waals surface area contributed by atoms with E-state index in [2.05, 4.69) is 50.6 Å². The molecule has 0 aliphatic carbocycles. The fourth-order valence-corrected chi connectivity index (χ4v) is 4.02. The van der Waals surface area contributed by atoms with Gasteiger partial charge in [0.25, 0.3) is 0 Å². The third-order valence-electron chi connectivity index (χ3n) is 4.33. The van der Waals surface area contributed by atoms with Gasteiger partial charge >= 0.3 is 0 Å². The number of fused-ring (bicyclic) bond motifs is 1. The van der Waals surface area contributed by atoms with E-state index >= 15 is 0 Å². The lowest BCUT2D eigenvalue weighted by Gasteiger charge is -2.32. The molecule has 5 nitrogen and oxygen atoms in total. The SMILES string of the molecule is Cc1cn2nc(NC3CCN(Cc4ccccc4)CC3)sc2n1. The highest BCUT2D eigenvalue weighted by Gasteiger charge is 2.20. The fourth-order valence-electron chi connectivity index (χ4n) is 3.12. The number of imidazole rings is 1. The van der Waals surface area contributed by atoms with Crippen molar-refractivity contribution in [3.63, 3.8) is 0 Å². The van der Waals surface area contributed by atoms with E-state index in [1.165, 1.54) is 5.56 Å². The number of benzene rings is 1. The number of hydrogen-bond donors (Lipinski definition) is 1. The van der Waals surface area contributed by atoms with Crippen molar-refractivity contribution in [1.29, 1.82) is 0 Å². The molecule has 3 heterocycles. The van der Waals surface area contributed by atoms with E-state index in [0.29, 0.717) is 6.04 Å². The first-order chi connectivity index (χ1) is 11.3. The smallest absolute Gasteiger partial charge is 0.214 e. The van der Waals surface area contributed by atoms with Gasteiger partial charge in [-0.15, -0.1) is 5.10 Å². The van der Waals surface area contributed by atoms with E-state index in [1.807, 2.05) is 17.6 Å². The minimum absolute atomic E-state index is 0.513. The van der Waals surface area contributed by atoms with Crippen LogP contribution in [0.1, 0.15) is 24.1 Å². The van der Waals surface area contributed by atoms with Gasteiger partial charge in [0.15, 0.2) is 0 Å². The summed E-state index contributed by atoms with van der Waals surface area (Å²) in [6.45, 7) is 5.32. The van der Waals surface area contributed by atoms with E-state index in [4.69, 9.17) is 0 Å². The summed E-state index contributed by atoms with van der Waals surface area (Å²) in [5.74, 6) is 0. The highest BCUT2D eigenvalue weighted by Crippen LogP contribution is 2.23. The maximum atomic E-state index is 4.56. The lowest BCUT2D eigenvalue weighted by Crippen LogP contribution is -2.38. The van der Waals surface area contributed by atoms with Crippen LogP contribution in [0, 0.1) is 6.92 Å². The molecule has 0 saturated carbocycles. The highest BCUT2D eigenvalue weighted by molar-refractivity contribution is 7.20. The summed E-state index contributed by atoms with van der Waals surface area (Å²) < 4.78 is 1.87. The van der Waals surface area contributed by atoms with Gasteiger partial charge in [-0.3, -0.25) is 4.90 Å². The van der Waals surface area contributed by atoms with Crippen molar-refractivity contribution >= 4 is 21.4 Å². The van der Waals surface area contributed by atoms with E-state index in [1.54, 1.807) is 11.3 Å². The molecule has 0 bridgehead atoms. The van der Waals surface area contributed by atoms with Gasteiger partial charge in [-0.2, -0.15) is 0 Å². The zero-order valence-electron chi connectivity index (χ0n) is 13.3. The molecule has 0 amide bonds. The first kappa shape index (κ1) is 14.7.